The van der Waals surface area contributed by atoms with Gasteiger partial charge in [0.15, 0.2) is 10.9 Å². The van der Waals surface area contributed by atoms with E-state index in [1.54, 1.807) is 0 Å². The number of benzene rings is 8. The minimum absolute atomic E-state index is 0.0569. The molecule has 0 amide bonds. The second kappa shape index (κ2) is 6.06. The maximum absolute atomic E-state index is 14.0. The van der Waals surface area contributed by atoms with Crippen molar-refractivity contribution in [2.24, 2.45) is 0 Å². The van der Waals surface area contributed by atoms with E-state index in [1.807, 2.05) is 78.9 Å². The molecule has 2 heteroatoms. The standard InChI is InChI=1S/C32H16O2/c33-31-21-12-5-3-10-19(21)27-25-16-17-8-1-2-9-18(17)30-29(25)26(23-14-7-15-24(31)28(23)27)20-11-4-6-13-22(20)32(30)34/h1-16H. The van der Waals surface area contributed by atoms with Gasteiger partial charge in [-0.05, 0) is 49.2 Å². The summed E-state index contributed by atoms with van der Waals surface area (Å²) in [5.41, 5.74) is 0.120. The molecule has 0 bridgehead atoms. The average molecular weight is 432 g/mol. The zero-order chi connectivity index (χ0) is 22.6. The predicted molar refractivity (Wildman–Crippen MR) is 144 cm³/mol. The highest BCUT2D eigenvalue weighted by molar-refractivity contribution is 6.43. The van der Waals surface area contributed by atoms with Gasteiger partial charge in [0.25, 0.3) is 0 Å². The van der Waals surface area contributed by atoms with Crippen LogP contribution in [0.15, 0.2) is 107 Å². The van der Waals surface area contributed by atoms with Crippen molar-refractivity contribution in [1.82, 2.24) is 0 Å². The smallest absolute Gasteiger partial charge is 0.194 e. The molecule has 8 aromatic carbocycles. The SMILES string of the molecule is O=c1c2ccccc2c2c3cc4ccccc4c4c(=O)c5ccccc5c(c5cccc1c52)c34. The van der Waals surface area contributed by atoms with Crippen molar-refractivity contribution < 1.29 is 0 Å². The lowest BCUT2D eigenvalue weighted by Crippen LogP contribution is -2.07. The highest BCUT2D eigenvalue weighted by atomic mass is 16.1. The molecule has 0 aliphatic rings. The highest BCUT2D eigenvalue weighted by Crippen LogP contribution is 2.45. The fraction of sp³-hybridized carbons (Fsp3) is 0. The molecule has 0 heterocycles. The lowest BCUT2D eigenvalue weighted by molar-refractivity contribution is 1.72. The van der Waals surface area contributed by atoms with Crippen molar-refractivity contribution in [3.8, 4) is 0 Å². The Hall–Kier alpha value is -4.56. The van der Waals surface area contributed by atoms with Gasteiger partial charge in [-0.1, -0.05) is 91.0 Å². The Balaban J connectivity index is 1.92. The van der Waals surface area contributed by atoms with E-state index < -0.39 is 0 Å². The van der Waals surface area contributed by atoms with Crippen LogP contribution in [0.4, 0.5) is 0 Å². The van der Waals surface area contributed by atoms with Crippen molar-refractivity contribution in [3.63, 3.8) is 0 Å². The van der Waals surface area contributed by atoms with Crippen LogP contribution in [-0.4, -0.2) is 0 Å². The Morgan fingerprint density at radius 3 is 1.56 bits per heavy atom. The van der Waals surface area contributed by atoms with Crippen molar-refractivity contribution in [1.29, 1.82) is 0 Å². The maximum atomic E-state index is 14.0. The largest absolute Gasteiger partial charge is 0.289 e. The topological polar surface area (TPSA) is 34.1 Å². The van der Waals surface area contributed by atoms with E-state index in [9.17, 15) is 9.59 Å². The summed E-state index contributed by atoms with van der Waals surface area (Å²) < 4.78 is 0. The summed E-state index contributed by atoms with van der Waals surface area (Å²) in [6.45, 7) is 0. The number of rotatable bonds is 0. The first-order chi connectivity index (χ1) is 16.7. The Bertz CT molecular complexity index is 2250. The molecule has 0 aliphatic heterocycles. The quantitative estimate of drug-likeness (QED) is 0.185. The van der Waals surface area contributed by atoms with E-state index >= 15 is 0 Å². The molecule has 8 aromatic rings. The van der Waals surface area contributed by atoms with Crippen molar-refractivity contribution in [2.45, 2.75) is 0 Å². The molecule has 0 atom stereocenters. The molecule has 34 heavy (non-hydrogen) atoms. The molecule has 0 saturated carbocycles. The van der Waals surface area contributed by atoms with E-state index in [0.29, 0.717) is 0 Å². The van der Waals surface area contributed by atoms with Crippen LogP contribution >= 0.6 is 0 Å². The van der Waals surface area contributed by atoms with Gasteiger partial charge in [-0.2, -0.15) is 0 Å². The molecule has 0 N–H and O–H groups in total. The van der Waals surface area contributed by atoms with Crippen LogP contribution < -0.4 is 10.9 Å². The van der Waals surface area contributed by atoms with Crippen LogP contribution in [0.1, 0.15) is 0 Å². The normalized spacial score (nSPS) is 12.4. The summed E-state index contributed by atoms with van der Waals surface area (Å²) in [6, 6.07) is 32.1. The minimum Gasteiger partial charge on any atom is -0.289 e. The van der Waals surface area contributed by atoms with Crippen molar-refractivity contribution in [2.75, 3.05) is 0 Å². The molecule has 0 unspecified atom stereocenters. The predicted octanol–water partition coefficient (Wildman–Crippen LogP) is 7.36. The number of hydrogen-bond donors (Lipinski definition) is 0. The van der Waals surface area contributed by atoms with Crippen LogP contribution in [0.3, 0.4) is 0 Å². The second-order valence-electron chi connectivity index (χ2n) is 9.12. The van der Waals surface area contributed by atoms with Gasteiger partial charge in [0.1, 0.15) is 0 Å². The van der Waals surface area contributed by atoms with Crippen LogP contribution in [0.2, 0.25) is 0 Å². The van der Waals surface area contributed by atoms with Gasteiger partial charge in [0, 0.05) is 32.3 Å². The van der Waals surface area contributed by atoms with Crippen LogP contribution in [0.25, 0.3) is 75.4 Å². The van der Waals surface area contributed by atoms with Gasteiger partial charge in [0.05, 0.1) is 0 Å². The molecule has 8 rings (SSSR count). The maximum Gasteiger partial charge on any atom is 0.194 e. The van der Waals surface area contributed by atoms with E-state index in [1.165, 1.54) is 0 Å². The van der Waals surface area contributed by atoms with E-state index in [0.717, 1.165) is 75.4 Å². The molecule has 0 aliphatic carbocycles. The first-order valence-electron chi connectivity index (χ1n) is 11.5. The summed E-state index contributed by atoms with van der Waals surface area (Å²) >= 11 is 0. The third-order valence-corrected chi connectivity index (χ3v) is 7.51. The number of hydrogen-bond acceptors (Lipinski definition) is 2. The van der Waals surface area contributed by atoms with E-state index in [2.05, 4.69) is 18.2 Å². The lowest BCUT2D eigenvalue weighted by Gasteiger charge is -2.18. The van der Waals surface area contributed by atoms with E-state index in [4.69, 9.17) is 0 Å². The summed E-state index contributed by atoms with van der Waals surface area (Å²) in [5, 5.41) is 13.0. The molecule has 0 radical (unpaired) electrons. The molecule has 156 valence electrons. The summed E-state index contributed by atoms with van der Waals surface area (Å²) in [6.07, 6.45) is 0. The molecule has 0 aromatic heterocycles. The van der Waals surface area contributed by atoms with Gasteiger partial charge < -0.3 is 0 Å². The first-order valence-corrected chi connectivity index (χ1v) is 11.5. The van der Waals surface area contributed by atoms with Gasteiger partial charge in [-0.3, -0.25) is 9.59 Å². The Kier molecular flexibility index (Phi) is 3.20. The van der Waals surface area contributed by atoms with Crippen LogP contribution in [0, 0.1) is 0 Å². The third-order valence-electron chi connectivity index (χ3n) is 7.51. The zero-order valence-corrected chi connectivity index (χ0v) is 18.1. The fourth-order valence-corrected chi connectivity index (χ4v) is 6.17. The first kappa shape index (κ1) is 17.9. The van der Waals surface area contributed by atoms with Crippen LogP contribution in [-0.2, 0) is 0 Å². The third kappa shape index (κ3) is 1.98. The Morgan fingerprint density at radius 1 is 0.324 bits per heavy atom. The van der Waals surface area contributed by atoms with Gasteiger partial charge in [0.2, 0.25) is 0 Å². The second-order valence-corrected chi connectivity index (χ2v) is 9.12. The summed E-state index contributed by atoms with van der Waals surface area (Å²) in [4.78, 5) is 27.5. The van der Waals surface area contributed by atoms with Crippen LogP contribution in [0.5, 0.6) is 0 Å². The highest BCUT2D eigenvalue weighted by Gasteiger charge is 2.22. The van der Waals surface area contributed by atoms with Gasteiger partial charge in [-0.15, -0.1) is 0 Å². The van der Waals surface area contributed by atoms with E-state index in [-0.39, 0.29) is 10.9 Å². The number of fused-ring (bicyclic) bond motifs is 8. The molecular formula is C32H16O2. The summed E-state index contributed by atoms with van der Waals surface area (Å²) in [7, 11) is 0. The Morgan fingerprint density at radius 2 is 0.824 bits per heavy atom. The molecule has 0 fully saturated rings. The lowest BCUT2D eigenvalue weighted by atomic mass is 9.83. The summed E-state index contributed by atoms with van der Waals surface area (Å²) in [5.74, 6) is 0. The fourth-order valence-electron chi connectivity index (χ4n) is 6.17. The van der Waals surface area contributed by atoms with Crippen molar-refractivity contribution >= 4 is 75.4 Å². The van der Waals surface area contributed by atoms with Crippen molar-refractivity contribution in [3.05, 3.63) is 118 Å². The zero-order valence-electron chi connectivity index (χ0n) is 18.1. The molecule has 2 nitrogen and oxygen atoms in total. The molecular weight excluding hydrogens is 416 g/mol. The molecule has 0 spiro atoms. The molecule has 0 saturated heterocycles. The minimum atomic E-state index is 0.0569. The van der Waals surface area contributed by atoms with Gasteiger partial charge in [-0.25, -0.2) is 0 Å². The monoisotopic (exact) mass is 432 g/mol. The average Bonchev–Trinajstić information content (AvgIpc) is 2.89. The Labute approximate surface area is 193 Å². The van der Waals surface area contributed by atoms with Gasteiger partial charge >= 0.3 is 0 Å².